The smallest absolute Gasteiger partial charge is 0.304 e. The van der Waals surface area contributed by atoms with Gasteiger partial charge in [0.1, 0.15) is 0 Å². The summed E-state index contributed by atoms with van der Waals surface area (Å²) in [5.74, 6) is -0.520. The van der Waals surface area contributed by atoms with Gasteiger partial charge in [0.25, 0.3) is 5.91 Å². The number of benzene rings is 3. The SMILES string of the molecule is O=C(NC1C(=O)N/[N+](=C\c2ccccc2)[C@@H]1c1ccccc1)c1ccccc1. The van der Waals surface area contributed by atoms with Crippen LogP contribution in [-0.2, 0) is 4.79 Å². The minimum Gasteiger partial charge on any atom is -0.334 e. The molecule has 1 fully saturated rings. The summed E-state index contributed by atoms with van der Waals surface area (Å²) < 4.78 is 1.77. The minimum absolute atomic E-state index is 0.245. The molecular formula is C23H20N3O2+. The number of carbonyl (C=O) groups excluding carboxylic acids is 2. The Morgan fingerprint density at radius 1 is 0.857 bits per heavy atom. The van der Waals surface area contributed by atoms with Crippen LogP contribution in [0.25, 0.3) is 0 Å². The van der Waals surface area contributed by atoms with Gasteiger partial charge in [-0.25, -0.2) is 0 Å². The third-order valence-electron chi connectivity index (χ3n) is 4.69. The molecule has 1 aliphatic heterocycles. The first kappa shape index (κ1) is 17.7. The molecule has 5 heteroatoms. The lowest BCUT2D eigenvalue weighted by molar-refractivity contribution is -0.596. The van der Waals surface area contributed by atoms with Gasteiger partial charge in [0, 0.05) is 16.7 Å². The number of hydrogen-bond donors (Lipinski definition) is 2. The van der Waals surface area contributed by atoms with Crippen LogP contribution < -0.4 is 10.7 Å². The van der Waals surface area contributed by atoms with Crippen molar-refractivity contribution in [1.82, 2.24) is 10.7 Å². The zero-order valence-corrected chi connectivity index (χ0v) is 15.2. The molecule has 2 amide bonds. The first-order valence-electron chi connectivity index (χ1n) is 9.12. The van der Waals surface area contributed by atoms with Crippen LogP contribution in [0.15, 0.2) is 91.0 Å². The van der Waals surface area contributed by atoms with Crippen molar-refractivity contribution in [2.75, 3.05) is 0 Å². The summed E-state index contributed by atoms with van der Waals surface area (Å²) in [7, 11) is 0. The van der Waals surface area contributed by atoms with E-state index in [0.29, 0.717) is 5.56 Å². The Balaban J connectivity index is 1.69. The molecule has 3 aromatic carbocycles. The maximum Gasteiger partial charge on any atom is 0.304 e. The molecule has 0 aliphatic carbocycles. The summed E-state index contributed by atoms with van der Waals surface area (Å²) in [4.78, 5) is 25.4. The Kier molecular flexibility index (Phi) is 4.97. The van der Waals surface area contributed by atoms with Gasteiger partial charge in [-0.05, 0) is 24.3 Å². The number of hydrazone groups is 1. The van der Waals surface area contributed by atoms with E-state index in [-0.39, 0.29) is 17.9 Å². The summed E-state index contributed by atoms with van der Waals surface area (Å²) in [6.07, 6.45) is 1.88. The van der Waals surface area contributed by atoms with Crippen molar-refractivity contribution in [3.8, 4) is 0 Å². The van der Waals surface area contributed by atoms with E-state index < -0.39 is 6.04 Å². The van der Waals surface area contributed by atoms with Crippen LogP contribution in [0.5, 0.6) is 0 Å². The van der Waals surface area contributed by atoms with Crippen LogP contribution in [-0.4, -0.2) is 28.8 Å². The Morgan fingerprint density at radius 2 is 1.43 bits per heavy atom. The van der Waals surface area contributed by atoms with Gasteiger partial charge in [0.15, 0.2) is 6.04 Å². The van der Waals surface area contributed by atoms with Gasteiger partial charge in [-0.3, -0.25) is 9.59 Å². The highest BCUT2D eigenvalue weighted by atomic mass is 16.2. The number of hydrogen-bond acceptors (Lipinski definition) is 2. The van der Waals surface area contributed by atoms with Crippen molar-refractivity contribution in [1.29, 1.82) is 0 Å². The molecule has 0 saturated carbocycles. The van der Waals surface area contributed by atoms with Crippen molar-refractivity contribution in [2.45, 2.75) is 12.1 Å². The largest absolute Gasteiger partial charge is 0.334 e. The first-order valence-corrected chi connectivity index (χ1v) is 9.12. The molecule has 0 radical (unpaired) electrons. The number of rotatable bonds is 4. The molecule has 0 spiro atoms. The second-order valence-corrected chi connectivity index (χ2v) is 6.60. The summed E-state index contributed by atoms with van der Waals surface area (Å²) in [6, 6.07) is 27.3. The minimum atomic E-state index is -0.713. The summed E-state index contributed by atoms with van der Waals surface area (Å²) in [5, 5.41) is 2.90. The number of nitrogens with zero attached hydrogens (tertiary/aromatic N) is 1. The van der Waals surface area contributed by atoms with E-state index in [1.807, 2.05) is 72.9 Å². The lowest BCUT2D eigenvalue weighted by atomic mass is 10.00. The molecule has 2 atom stereocenters. The van der Waals surface area contributed by atoms with Gasteiger partial charge < -0.3 is 5.32 Å². The molecule has 1 unspecified atom stereocenters. The monoisotopic (exact) mass is 370 g/mol. The molecule has 3 aromatic rings. The van der Waals surface area contributed by atoms with Gasteiger partial charge in [0.2, 0.25) is 12.3 Å². The van der Waals surface area contributed by atoms with Crippen molar-refractivity contribution in [2.24, 2.45) is 0 Å². The lowest BCUT2D eigenvalue weighted by Gasteiger charge is -2.14. The second kappa shape index (κ2) is 7.88. The predicted octanol–water partition coefficient (Wildman–Crippen LogP) is 2.70. The maximum absolute atomic E-state index is 12.7. The molecule has 1 aliphatic rings. The second-order valence-electron chi connectivity index (χ2n) is 6.60. The van der Waals surface area contributed by atoms with Gasteiger partial charge in [-0.15, -0.1) is 10.1 Å². The number of nitrogens with one attached hydrogen (secondary N) is 2. The molecule has 28 heavy (non-hydrogen) atoms. The summed E-state index contributed by atoms with van der Waals surface area (Å²) in [5.41, 5.74) is 5.30. The van der Waals surface area contributed by atoms with E-state index >= 15 is 0 Å². The molecule has 138 valence electrons. The molecular weight excluding hydrogens is 350 g/mol. The fraction of sp³-hybridized carbons (Fsp3) is 0.0870. The maximum atomic E-state index is 12.7. The topological polar surface area (TPSA) is 61.2 Å². The standard InChI is InChI=1S/C23H19N3O2/c27-22(19-14-8-3-9-15-19)24-20-21(18-12-6-2-7-13-18)26(25-23(20)28)16-17-10-4-1-5-11-17/h1-16,20-21H,(H-,24,25,27,28)/p+1/b26-16-/t20?,21-/m1/s1. The van der Waals surface area contributed by atoms with Crippen LogP contribution in [0.1, 0.15) is 27.5 Å². The summed E-state index contributed by atoms with van der Waals surface area (Å²) in [6.45, 7) is 0. The Labute approximate surface area is 163 Å². The van der Waals surface area contributed by atoms with E-state index in [4.69, 9.17) is 0 Å². The molecule has 1 saturated heterocycles. The van der Waals surface area contributed by atoms with E-state index in [0.717, 1.165) is 11.1 Å². The Bertz CT molecular complexity index is 1000. The van der Waals surface area contributed by atoms with Crippen LogP contribution in [0.3, 0.4) is 0 Å². The molecule has 0 aromatic heterocycles. The van der Waals surface area contributed by atoms with E-state index in [2.05, 4.69) is 10.7 Å². The Hall–Kier alpha value is -3.73. The van der Waals surface area contributed by atoms with E-state index in [9.17, 15) is 9.59 Å². The molecule has 1 heterocycles. The Morgan fingerprint density at radius 3 is 2.07 bits per heavy atom. The summed E-state index contributed by atoms with van der Waals surface area (Å²) >= 11 is 0. The number of carbonyl (C=O) groups is 2. The number of hydrazine groups is 1. The normalized spacial score (nSPS) is 20.0. The van der Waals surface area contributed by atoms with Crippen molar-refractivity contribution < 1.29 is 14.3 Å². The molecule has 4 rings (SSSR count). The molecule has 2 N–H and O–H groups in total. The van der Waals surface area contributed by atoms with Gasteiger partial charge in [0.05, 0.1) is 0 Å². The van der Waals surface area contributed by atoms with Crippen LogP contribution in [0.4, 0.5) is 0 Å². The quantitative estimate of drug-likeness (QED) is 0.694. The zero-order valence-electron chi connectivity index (χ0n) is 15.2. The fourth-order valence-electron chi connectivity index (χ4n) is 3.34. The van der Waals surface area contributed by atoms with Crippen molar-refractivity contribution in [3.63, 3.8) is 0 Å². The molecule has 5 nitrogen and oxygen atoms in total. The van der Waals surface area contributed by atoms with Crippen molar-refractivity contribution >= 4 is 18.0 Å². The average Bonchev–Trinajstić information content (AvgIpc) is 3.04. The lowest BCUT2D eigenvalue weighted by Crippen LogP contribution is -2.42. The van der Waals surface area contributed by atoms with E-state index in [1.165, 1.54) is 0 Å². The zero-order chi connectivity index (χ0) is 19.3. The third-order valence-corrected chi connectivity index (χ3v) is 4.69. The van der Waals surface area contributed by atoms with Gasteiger partial charge >= 0.3 is 5.91 Å². The van der Waals surface area contributed by atoms with Gasteiger partial charge in [-0.2, -0.15) is 0 Å². The van der Waals surface area contributed by atoms with Gasteiger partial charge in [-0.1, -0.05) is 66.7 Å². The predicted molar refractivity (Wildman–Crippen MR) is 107 cm³/mol. The molecule has 0 bridgehead atoms. The van der Waals surface area contributed by atoms with Crippen LogP contribution in [0.2, 0.25) is 0 Å². The van der Waals surface area contributed by atoms with E-state index in [1.54, 1.807) is 28.9 Å². The highest BCUT2D eigenvalue weighted by Gasteiger charge is 2.47. The number of amides is 2. The van der Waals surface area contributed by atoms with Crippen molar-refractivity contribution in [3.05, 3.63) is 108 Å². The first-order chi connectivity index (χ1) is 13.7. The van der Waals surface area contributed by atoms with Crippen LogP contribution in [0, 0.1) is 0 Å². The fourth-order valence-corrected chi connectivity index (χ4v) is 3.34. The third kappa shape index (κ3) is 3.69. The highest BCUT2D eigenvalue weighted by molar-refractivity contribution is 5.98. The average molecular weight is 370 g/mol. The van der Waals surface area contributed by atoms with Crippen LogP contribution >= 0.6 is 0 Å². The highest BCUT2D eigenvalue weighted by Crippen LogP contribution is 2.25.